The fourth-order valence-electron chi connectivity index (χ4n) is 1.03. The van der Waals surface area contributed by atoms with Crippen molar-refractivity contribution >= 4 is 49.4 Å². The maximum absolute atomic E-state index is 12.8. The molecule has 0 unspecified atom stereocenters. The number of hydrogen-bond acceptors (Lipinski definition) is 1. The van der Waals surface area contributed by atoms with E-state index in [0.29, 0.717) is 5.52 Å². The number of fused-ring (bicyclic) bond motifs is 1. The minimum absolute atomic E-state index is 0.258. The first-order valence-corrected chi connectivity index (χ1v) is 5.04. The Bertz CT molecular complexity index is 440. The zero-order valence-corrected chi connectivity index (χ0v) is 9.48. The molecule has 0 saturated carbocycles. The Morgan fingerprint density at radius 1 is 1.50 bits per heavy atom. The summed E-state index contributed by atoms with van der Waals surface area (Å²) in [5.41, 5.74) is 0.645. The van der Waals surface area contributed by atoms with Gasteiger partial charge in [-0.15, -0.1) is 0 Å². The van der Waals surface area contributed by atoms with E-state index in [-0.39, 0.29) is 5.82 Å². The molecule has 5 heteroatoms. The number of nitrogens with zero attached hydrogens (tertiary/aromatic N) is 1. The maximum Gasteiger partial charge on any atom is 0.126 e. The van der Waals surface area contributed by atoms with Gasteiger partial charge in [0.25, 0.3) is 0 Å². The van der Waals surface area contributed by atoms with Crippen molar-refractivity contribution in [2.45, 2.75) is 0 Å². The molecule has 0 atom stereocenters. The fourth-order valence-corrected chi connectivity index (χ4v) is 2.75. The van der Waals surface area contributed by atoms with Gasteiger partial charge in [-0.1, -0.05) is 0 Å². The molecule has 0 radical (unpaired) electrons. The Morgan fingerprint density at radius 2 is 2.25 bits per heavy atom. The van der Waals surface area contributed by atoms with Crippen LogP contribution in [0.1, 0.15) is 0 Å². The van der Waals surface area contributed by atoms with Crippen LogP contribution in [0.3, 0.4) is 0 Å². The van der Waals surface area contributed by atoms with E-state index < -0.39 is 0 Å². The molecule has 0 spiro atoms. The number of aromatic nitrogens is 2. The topological polar surface area (TPSA) is 28.7 Å². The smallest absolute Gasteiger partial charge is 0.126 e. The molecule has 2 aromatic rings. The van der Waals surface area contributed by atoms with Crippen molar-refractivity contribution in [1.29, 1.82) is 0 Å². The highest BCUT2D eigenvalue weighted by molar-refractivity contribution is 14.1. The second-order valence-electron chi connectivity index (χ2n) is 2.32. The molecule has 62 valence electrons. The number of benzene rings is 1. The van der Waals surface area contributed by atoms with Gasteiger partial charge >= 0.3 is 0 Å². The lowest BCUT2D eigenvalue weighted by Gasteiger charge is -1.93. The van der Waals surface area contributed by atoms with Crippen LogP contribution >= 0.6 is 38.5 Å². The Labute approximate surface area is 89.8 Å². The predicted molar refractivity (Wildman–Crippen MR) is 56.5 cm³/mol. The monoisotopic (exact) mass is 340 g/mol. The number of nitrogens with one attached hydrogen (secondary N) is 1. The van der Waals surface area contributed by atoms with Gasteiger partial charge < -0.3 is 0 Å². The normalized spacial score (nSPS) is 10.9. The van der Waals surface area contributed by atoms with Crippen LogP contribution in [-0.4, -0.2) is 10.2 Å². The third-order valence-electron chi connectivity index (χ3n) is 1.53. The van der Waals surface area contributed by atoms with E-state index in [4.69, 9.17) is 0 Å². The number of halogens is 3. The summed E-state index contributed by atoms with van der Waals surface area (Å²) in [7, 11) is 0. The number of rotatable bonds is 0. The third kappa shape index (κ3) is 1.24. The highest BCUT2D eigenvalue weighted by Crippen LogP contribution is 2.26. The van der Waals surface area contributed by atoms with Crippen LogP contribution in [-0.2, 0) is 0 Å². The van der Waals surface area contributed by atoms with E-state index >= 15 is 0 Å². The summed E-state index contributed by atoms with van der Waals surface area (Å²) in [6.07, 6.45) is 0. The minimum Gasteiger partial charge on any atom is -0.270 e. The lowest BCUT2D eigenvalue weighted by atomic mass is 10.2. The first-order valence-electron chi connectivity index (χ1n) is 3.17. The van der Waals surface area contributed by atoms with Crippen LogP contribution in [0.5, 0.6) is 0 Å². The van der Waals surface area contributed by atoms with Crippen LogP contribution in [0.25, 0.3) is 10.9 Å². The Morgan fingerprint density at radius 3 is 3.00 bits per heavy atom. The van der Waals surface area contributed by atoms with Crippen LogP contribution in [0.2, 0.25) is 0 Å². The summed E-state index contributed by atoms with van der Waals surface area (Å²) in [5.74, 6) is -0.258. The summed E-state index contributed by atoms with van der Waals surface area (Å²) in [6.45, 7) is 0. The SMILES string of the molecule is Fc1cc(I)c2c(Br)[nH]nc2c1. The maximum atomic E-state index is 12.8. The average Bonchev–Trinajstić information content (AvgIpc) is 2.31. The van der Waals surface area contributed by atoms with Gasteiger partial charge in [0, 0.05) is 15.0 Å². The van der Waals surface area contributed by atoms with Gasteiger partial charge in [-0.2, -0.15) is 5.10 Å². The van der Waals surface area contributed by atoms with E-state index in [1.54, 1.807) is 0 Å². The largest absolute Gasteiger partial charge is 0.270 e. The van der Waals surface area contributed by atoms with Crippen LogP contribution in [0, 0.1) is 9.39 Å². The van der Waals surface area contributed by atoms with Gasteiger partial charge in [0.15, 0.2) is 0 Å². The van der Waals surface area contributed by atoms with E-state index in [2.05, 4.69) is 48.7 Å². The minimum atomic E-state index is -0.258. The molecule has 0 aliphatic rings. The molecule has 0 fully saturated rings. The molecule has 0 amide bonds. The van der Waals surface area contributed by atoms with Gasteiger partial charge in [0.2, 0.25) is 0 Å². The second-order valence-corrected chi connectivity index (χ2v) is 4.27. The molecular weight excluding hydrogens is 338 g/mol. The third-order valence-corrected chi connectivity index (χ3v) is 2.95. The summed E-state index contributed by atoms with van der Waals surface area (Å²) in [6, 6.07) is 2.88. The van der Waals surface area contributed by atoms with E-state index in [0.717, 1.165) is 13.6 Å². The molecule has 0 bridgehead atoms. The summed E-state index contributed by atoms with van der Waals surface area (Å²) >= 11 is 5.37. The van der Waals surface area contributed by atoms with Crippen molar-refractivity contribution in [3.05, 3.63) is 26.1 Å². The molecule has 1 N–H and O–H groups in total. The van der Waals surface area contributed by atoms with Crippen molar-refractivity contribution in [3.63, 3.8) is 0 Å². The Hall–Kier alpha value is -0.170. The van der Waals surface area contributed by atoms with Gasteiger partial charge in [-0.05, 0) is 44.6 Å². The molecule has 2 nitrogen and oxygen atoms in total. The van der Waals surface area contributed by atoms with Crippen molar-refractivity contribution in [1.82, 2.24) is 10.2 Å². The molecular formula is C7H3BrFIN2. The van der Waals surface area contributed by atoms with Crippen molar-refractivity contribution in [3.8, 4) is 0 Å². The van der Waals surface area contributed by atoms with Gasteiger partial charge in [0.1, 0.15) is 10.4 Å². The first kappa shape index (κ1) is 8.43. The second kappa shape index (κ2) is 2.95. The predicted octanol–water partition coefficient (Wildman–Crippen LogP) is 3.07. The highest BCUT2D eigenvalue weighted by Gasteiger charge is 2.07. The van der Waals surface area contributed by atoms with E-state index in [1.807, 2.05) is 0 Å². The molecule has 0 saturated heterocycles. The standard InChI is InChI=1S/C7H3BrFIN2/c8-7-6-4(10)1-3(9)2-5(6)11-12-7/h1-2H,(H,11,12). The first-order chi connectivity index (χ1) is 5.68. The van der Waals surface area contributed by atoms with E-state index in [9.17, 15) is 4.39 Å². The van der Waals surface area contributed by atoms with Crippen LogP contribution < -0.4 is 0 Å². The number of aromatic amines is 1. The molecule has 1 heterocycles. The molecule has 0 aliphatic heterocycles. The van der Waals surface area contributed by atoms with Gasteiger partial charge in [0.05, 0.1) is 5.52 Å². The fraction of sp³-hybridized carbons (Fsp3) is 0. The Kier molecular flexibility index (Phi) is 2.07. The lowest BCUT2D eigenvalue weighted by molar-refractivity contribution is 0.628. The molecule has 0 aliphatic carbocycles. The zero-order chi connectivity index (χ0) is 8.72. The summed E-state index contributed by atoms with van der Waals surface area (Å²) < 4.78 is 14.5. The molecule has 2 rings (SSSR count). The lowest BCUT2D eigenvalue weighted by Crippen LogP contribution is -1.78. The van der Waals surface area contributed by atoms with Crippen LogP contribution in [0.4, 0.5) is 4.39 Å². The van der Waals surface area contributed by atoms with Gasteiger partial charge in [-0.3, -0.25) is 5.10 Å². The quantitative estimate of drug-likeness (QED) is 0.734. The molecule has 12 heavy (non-hydrogen) atoms. The number of H-pyrrole nitrogens is 1. The van der Waals surface area contributed by atoms with Crippen molar-refractivity contribution in [2.75, 3.05) is 0 Å². The Balaban J connectivity index is 2.93. The highest BCUT2D eigenvalue weighted by atomic mass is 127. The molecule has 1 aromatic heterocycles. The number of hydrogen-bond donors (Lipinski definition) is 1. The van der Waals surface area contributed by atoms with E-state index in [1.165, 1.54) is 12.1 Å². The van der Waals surface area contributed by atoms with Crippen molar-refractivity contribution in [2.24, 2.45) is 0 Å². The molecule has 1 aromatic carbocycles. The summed E-state index contributed by atoms with van der Waals surface area (Å²) in [5, 5.41) is 7.59. The average molecular weight is 341 g/mol. The van der Waals surface area contributed by atoms with Crippen molar-refractivity contribution < 1.29 is 4.39 Å². The summed E-state index contributed by atoms with van der Waals surface area (Å²) in [4.78, 5) is 0. The zero-order valence-electron chi connectivity index (χ0n) is 5.74. The van der Waals surface area contributed by atoms with Gasteiger partial charge in [-0.25, -0.2) is 4.39 Å². The van der Waals surface area contributed by atoms with Crippen LogP contribution in [0.15, 0.2) is 16.7 Å².